The van der Waals surface area contributed by atoms with Gasteiger partial charge in [-0.3, -0.25) is 0 Å². The van der Waals surface area contributed by atoms with Crippen molar-refractivity contribution < 1.29 is 46.7 Å². The second kappa shape index (κ2) is 15.9. The molecule has 0 bridgehead atoms. The Labute approximate surface area is 264 Å². The molecule has 0 spiro atoms. The van der Waals surface area contributed by atoms with Gasteiger partial charge in [-0.05, 0) is 43.4 Å². The third-order valence-corrected chi connectivity index (χ3v) is 10.0. The number of aliphatic hydroxyl groups excluding tert-OH is 1. The summed E-state index contributed by atoms with van der Waals surface area (Å²) in [7, 11) is -2.70. The van der Waals surface area contributed by atoms with Crippen molar-refractivity contribution in [2.75, 3.05) is 53.2 Å². The molecule has 12 nitrogen and oxygen atoms in total. The van der Waals surface area contributed by atoms with Gasteiger partial charge in [0, 0.05) is 19.2 Å². The Bertz CT molecular complexity index is 1390. The van der Waals surface area contributed by atoms with E-state index in [1.165, 1.54) is 13.2 Å². The molecular formula is C32H42N2O10S. The molecule has 45 heavy (non-hydrogen) atoms. The number of carbonyl (C=O) groups excluding carboxylic acids is 1. The number of aliphatic hydroxyl groups is 1. The summed E-state index contributed by atoms with van der Waals surface area (Å²) in [5, 5.41) is 14.4. The number of alkyl carbamates (subject to hydrolysis) is 1. The summed E-state index contributed by atoms with van der Waals surface area (Å²) in [4.78, 5) is 13.1. The van der Waals surface area contributed by atoms with Crippen molar-refractivity contribution in [1.29, 1.82) is 0 Å². The molecule has 0 saturated carbocycles. The quantitative estimate of drug-likeness (QED) is 0.411. The lowest BCUT2D eigenvalue weighted by Gasteiger charge is -2.30. The van der Waals surface area contributed by atoms with E-state index in [9.17, 15) is 18.3 Å². The van der Waals surface area contributed by atoms with E-state index < -0.39 is 34.4 Å². The Morgan fingerprint density at radius 1 is 1.11 bits per heavy atom. The second-order valence-corrected chi connectivity index (χ2v) is 13.1. The van der Waals surface area contributed by atoms with Gasteiger partial charge in [0.25, 0.3) is 0 Å². The number of benzene rings is 2. The van der Waals surface area contributed by atoms with Crippen molar-refractivity contribution in [3.05, 3.63) is 66.2 Å². The fraction of sp³-hybridized carbons (Fsp3) is 0.531. The zero-order valence-electron chi connectivity index (χ0n) is 25.4. The van der Waals surface area contributed by atoms with E-state index in [2.05, 4.69) is 5.32 Å². The molecule has 3 aliphatic heterocycles. The number of methoxy groups -OCH3 is 1. The maximum atomic E-state index is 14.2. The van der Waals surface area contributed by atoms with Gasteiger partial charge in [-0.15, -0.1) is 0 Å². The summed E-state index contributed by atoms with van der Waals surface area (Å²) in [5.74, 6) is 0.560. The molecule has 0 unspecified atom stereocenters. The van der Waals surface area contributed by atoms with E-state index in [0.717, 1.165) is 22.7 Å². The SMILES string of the molecule is COc1ccc2c(c1)OCCC/C=C\COCCN(C[C@@H](O)[C@H](Cc1ccccc1)NC(=O)O[C@H]1CO[C@H]3OCC[C@H]31)S2(=O)=O. The van der Waals surface area contributed by atoms with Crippen LogP contribution >= 0.6 is 0 Å². The van der Waals surface area contributed by atoms with Crippen LogP contribution in [0.4, 0.5) is 4.79 Å². The average Bonchev–Trinajstić information content (AvgIpc) is 3.66. The standard InChI is InChI=1S/C32H42N2O10S/c1-39-24-11-12-30-28(20-24)41-16-8-3-2-7-15-40-18-14-34(45(30,37)38)21-27(35)26(19-23-9-5-4-6-10-23)33-32(36)44-29-22-43-31-25(29)13-17-42-31/h2,4-7,9-12,20,25-27,29,31,35H,3,8,13-19,21-22H2,1H3,(H,33,36)/b7-2-/t25-,26-,27+,29-,31+/m0/s1. The highest BCUT2D eigenvalue weighted by Crippen LogP contribution is 2.33. The molecule has 3 aliphatic rings. The van der Waals surface area contributed by atoms with E-state index in [1.807, 2.05) is 42.5 Å². The summed E-state index contributed by atoms with van der Waals surface area (Å²) < 4.78 is 63.2. The van der Waals surface area contributed by atoms with Gasteiger partial charge in [-0.25, -0.2) is 13.2 Å². The number of ether oxygens (including phenoxy) is 6. The van der Waals surface area contributed by atoms with Crippen LogP contribution in [-0.4, -0.2) is 102 Å². The van der Waals surface area contributed by atoms with Crippen molar-refractivity contribution in [3.63, 3.8) is 0 Å². The highest BCUT2D eigenvalue weighted by atomic mass is 32.2. The van der Waals surface area contributed by atoms with Crippen molar-refractivity contribution in [3.8, 4) is 11.5 Å². The first-order valence-corrected chi connectivity index (χ1v) is 16.7. The molecule has 13 heteroatoms. The second-order valence-electron chi connectivity index (χ2n) is 11.2. The summed E-state index contributed by atoms with van der Waals surface area (Å²) in [5.41, 5.74) is 0.847. The van der Waals surface area contributed by atoms with E-state index in [1.54, 1.807) is 12.1 Å². The minimum Gasteiger partial charge on any atom is -0.497 e. The number of carbonyl (C=O) groups is 1. The lowest BCUT2D eigenvalue weighted by atomic mass is 10.0. The Balaban J connectivity index is 1.37. The van der Waals surface area contributed by atoms with Gasteiger partial charge in [0.2, 0.25) is 10.0 Å². The summed E-state index contributed by atoms with van der Waals surface area (Å²) in [6.45, 7) is 1.12. The number of amides is 1. The normalized spacial score (nSPS) is 25.9. The molecule has 2 aromatic rings. The number of hydrogen-bond donors (Lipinski definition) is 2. The number of allylic oxidation sites excluding steroid dienone is 1. The van der Waals surface area contributed by atoms with Crippen LogP contribution in [0.15, 0.2) is 65.6 Å². The van der Waals surface area contributed by atoms with E-state index >= 15 is 0 Å². The smallest absolute Gasteiger partial charge is 0.407 e. The molecule has 5 rings (SSSR count). The van der Waals surface area contributed by atoms with Gasteiger partial charge in [-0.2, -0.15) is 4.31 Å². The Morgan fingerprint density at radius 3 is 2.78 bits per heavy atom. The van der Waals surface area contributed by atoms with Crippen LogP contribution in [0, 0.1) is 5.92 Å². The third kappa shape index (κ3) is 8.75. The number of hydrogen-bond acceptors (Lipinski definition) is 10. The van der Waals surface area contributed by atoms with Crippen molar-refractivity contribution in [1.82, 2.24) is 9.62 Å². The van der Waals surface area contributed by atoms with Crippen LogP contribution in [0.5, 0.6) is 11.5 Å². The molecule has 2 aromatic carbocycles. The number of nitrogens with one attached hydrogen (secondary N) is 1. The van der Waals surface area contributed by atoms with Crippen molar-refractivity contribution in [2.24, 2.45) is 5.92 Å². The zero-order chi connectivity index (χ0) is 31.6. The minimum absolute atomic E-state index is 0.0380. The molecule has 246 valence electrons. The van der Waals surface area contributed by atoms with Gasteiger partial charge < -0.3 is 38.8 Å². The lowest BCUT2D eigenvalue weighted by Crippen LogP contribution is -2.51. The minimum atomic E-state index is -4.19. The Morgan fingerprint density at radius 2 is 1.96 bits per heavy atom. The van der Waals surface area contributed by atoms with Crippen LogP contribution in [0.25, 0.3) is 0 Å². The molecule has 1 amide bonds. The van der Waals surface area contributed by atoms with Crippen LogP contribution in [0.2, 0.25) is 0 Å². The first-order chi connectivity index (χ1) is 21.8. The van der Waals surface area contributed by atoms with Crippen LogP contribution < -0.4 is 14.8 Å². The Hall–Kier alpha value is -3.20. The fourth-order valence-corrected chi connectivity index (χ4v) is 7.19. The van der Waals surface area contributed by atoms with Crippen LogP contribution in [0.3, 0.4) is 0 Å². The molecule has 0 aromatic heterocycles. The van der Waals surface area contributed by atoms with E-state index in [-0.39, 0.29) is 55.6 Å². The number of sulfonamides is 1. The first-order valence-electron chi connectivity index (χ1n) is 15.3. The molecule has 5 atom stereocenters. The third-order valence-electron chi connectivity index (χ3n) is 8.11. The molecule has 2 saturated heterocycles. The average molecular weight is 647 g/mol. The maximum Gasteiger partial charge on any atom is 0.407 e. The monoisotopic (exact) mass is 646 g/mol. The summed E-state index contributed by atoms with van der Waals surface area (Å²) in [6, 6.07) is 13.0. The summed E-state index contributed by atoms with van der Waals surface area (Å²) in [6.07, 6.45) is 3.39. The Kier molecular flexibility index (Phi) is 11.7. The van der Waals surface area contributed by atoms with Gasteiger partial charge >= 0.3 is 6.09 Å². The number of fused-ring (bicyclic) bond motifs is 2. The molecule has 2 fully saturated rings. The van der Waals surface area contributed by atoms with Gasteiger partial charge in [0.1, 0.15) is 22.5 Å². The highest BCUT2D eigenvalue weighted by molar-refractivity contribution is 7.89. The largest absolute Gasteiger partial charge is 0.497 e. The molecule has 3 heterocycles. The van der Waals surface area contributed by atoms with E-state index in [4.69, 9.17) is 28.4 Å². The fourth-order valence-electron chi connectivity index (χ4n) is 5.63. The van der Waals surface area contributed by atoms with Crippen LogP contribution in [-0.2, 0) is 35.4 Å². The predicted molar refractivity (Wildman–Crippen MR) is 164 cm³/mol. The van der Waals surface area contributed by atoms with Gasteiger partial charge in [-0.1, -0.05) is 42.5 Å². The molecular weight excluding hydrogens is 604 g/mol. The number of rotatable bonds is 8. The number of nitrogens with zero attached hydrogens (tertiary/aromatic N) is 1. The maximum absolute atomic E-state index is 14.2. The van der Waals surface area contributed by atoms with E-state index in [0.29, 0.717) is 32.0 Å². The molecule has 0 radical (unpaired) electrons. The predicted octanol–water partition coefficient (Wildman–Crippen LogP) is 2.89. The lowest BCUT2D eigenvalue weighted by molar-refractivity contribution is -0.0907. The van der Waals surface area contributed by atoms with Crippen LogP contribution in [0.1, 0.15) is 24.8 Å². The number of β-amino-alcohol motifs (C(OH)–C–C–N with tert-alkyl or cyclic N) is 1. The van der Waals surface area contributed by atoms with Crippen molar-refractivity contribution in [2.45, 2.75) is 55.1 Å². The topological polar surface area (TPSA) is 142 Å². The van der Waals surface area contributed by atoms with Crippen molar-refractivity contribution >= 4 is 16.1 Å². The highest BCUT2D eigenvalue weighted by Gasteiger charge is 2.44. The zero-order valence-corrected chi connectivity index (χ0v) is 26.2. The summed E-state index contributed by atoms with van der Waals surface area (Å²) >= 11 is 0. The molecule has 2 N–H and O–H groups in total. The molecule has 0 aliphatic carbocycles. The van der Waals surface area contributed by atoms with Gasteiger partial charge in [0.05, 0.1) is 58.2 Å². The first kappa shape index (κ1) is 33.2. The van der Waals surface area contributed by atoms with Gasteiger partial charge in [0.15, 0.2) is 6.29 Å².